The van der Waals surface area contributed by atoms with Gasteiger partial charge in [-0.2, -0.15) is 0 Å². The van der Waals surface area contributed by atoms with Gasteiger partial charge in [0.1, 0.15) is 11.6 Å². The summed E-state index contributed by atoms with van der Waals surface area (Å²) in [5.74, 6) is 0.0373. The zero-order chi connectivity index (χ0) is 11.4. The molecule has 82 valence electrons. The fraction of sp³-hybridized carbons (Fsp3) is 0.364. The van der Waals surface area contributed by atoms with Gasteiger partial charge < -0.3 is 4.74 Å². The van der Waals surface area contributed by atoms with Gasteiger partial charge in [-0.25, -0.2) is 4.39 Å². The summed E-state index contributed by atoms with van der Waals surface area (Å²) in [6.45, 7) is 4.42. The first kappa shape index (κ1) is 12.2. The van der Waals surface area contributed by atoms with E-state index in [1.807, 2.05) is 13.8 Å². The minimum atomic E-state index is -0.571. The molecule has 1 aromatic carbocycles. The van der Waals surface area contributed by atoms with Crippen LogP contribution in [0.5, 0.6) is 5.75 Å². The molecule has 0 N–H and O–H groups in total. The number of hydrogen-bond donors (Lipinski definition) is 0. The van der Waals surface area contributed by atoms with E-state index in [4.69, 9.17) is 4.74 Å². The Balaban J connectivity index is 2.98. The zero-order valence-electron chi connectivity index (χ0n) is 8.59. The lowest BCUT2D eigenvalue weighted by Gasteiger charge is -2.11. The Morgan fingerprint density at radius 2 is 2.20 bits per heavy atom. The van der Waals surface area contributed by atoms with Crippen LogP contribution in [-0.4, -0.2) is 12.9 Å². The van der Waals surface area contributed by atoms with Crippen LogP contribution in [0.2, 0.25) is 0 Å². The van der Waals surface area contributed by atoms with Crippen LogP contribution >= 0.6 is 15.9 Å². The second-order valence-electron chi connectivity index (χ2n) is 3.62. The van der Waals surface area contributed by atoms with Crippen molar-refractivity contribution in [2.24, 2.45) is 5.92 Å². The second kappa shape index (κ2) is 5.26. The van der Waals surface area contributed by atoms with Crippen molar-refractivity contribution in [1.82, 2.24) is 0 Å². The fourth-order valence-electron chi connectivity index (χ4n) is 1.05. The Hall–Kier alpha value is -0.900. The number of hydrogen-bond acceptors (Lipinski definition) is 2. The molecule has 0 saturated heterocycles. The molecule has 0 aliphatic heterocycles. The van der Waals surface area contributed by atoms with Crippen LogP contribution in [0.1, 0.15) is 24.2 Å². The van der Waals surface area contributed by atoms with Crippen LogP contribution in [0.15, 0.2) is 16.6 Å². The van der Waals surface area contributed by atoms with E-state index >= 15 is 0 Å². The van der Waals surface area contributed by atoms with Crippen LogP contribution in [0, 0.1) is 11.7 Å². The Kier molecular flexibility index (Phi) is 4.27. The van der Waals surface area contributed by atoms with Crippen molar-refractivity contribution >= 4 is 22.2 Å². The first-order chi connectivity index (χ1) is 7.04. The molecule has 15 heavy (non-hydrogen) atoms. The topological polar surface area (TPSA) is 26.3 Å². The monoisotopic (exact) mass is 274 g/mol. The van der Waals surface area contributed by atoms with Crippen molar-refractivity contribution in [3.05, 3.63) is 28.0 Å². The van der Waals surface area contributed by atoms with Crippen LogP contribution in [-0.2, 0) is 0 Å². The zero-order valence-corrected chi connectivity index (χ0v) is 10.2. The molecule has 1 aromatic rings. The summed E-state index contributed by atoms with van der Waals surface area (Å²) >= 11 is 3.15. The second-order valence-corrected chi connectivity index (χ2v) is 4.54. The van der Waals surface area contributed by atoms with Crippen LogP contribution in [0.25, 0.3) is 0 Å². The summed E-state index contributed by atoms with van der Waals surface area (Å²) in [5.41, 5.74) is -0.0288. The molecule has 0 saturated carbocycles. The Morgan fingerprint density at radius 1 is 1.53 bits per heavy atom. The van der Waals surface area contributed by atoms with Crippen molar-refractivity contribution in [3.63, 3.8) is 0 Å². The molecule has 0 heterocycles. The molecule has 0 aliphatic rings. The molecular weight excluding hydrogens is 263 g/mol. The van der Waals surface area contributed by atoms with Crippen molar-refractivity contribution in [2.45, 2.75) is 13.8 Å². The first-order valence-electron chi connectivity index (χ1n) is 4.61. The van der Waals surface area contributed by atoms with Gasteiger partial charge in [-0.3, -0.25) is 4.79 Å². The maximum Gasteiger partial charge on any atom is 0.156 e. The highest BCUT2D eigenvalue weighted by atomic mass is 79.9. The minimum Gasteiger partial charge on any atom is -0.492 e. The van der Waals surface area contributed by atoms with Crippen LogP contribution in [0.3, 0.4) is 0 Å². The van der Waals surface area contributed by atoms with Gasteiger partial charge in [-0.15, -0.1) is 0 Å². The average molecular weight is 275 g/mol. The molecule has 0 aliphatic carbocycles. The third-order valence-electron chi connectivity index (χ3n) is 1.75. The molecule has 1 rings (SSSR count). The first-order valence-corrected chi connectivity index (χ1v) is 5.41. The number of carbonyl (C=O) groups excluding carboxylic acids is 1. The molecule has 2 nitrogen and oxygen atoms in total. The molecule has 0 spiro atoms. The van der Waals surface area contributed by atoms with Gasteiger partial charge in [0.25, 0.3) is 0 Å². The Morgan fingerprint density at radius 3 is 2.73 bits per heavy atom. The number of aldehydes is 1. The van der Waals surface area contributed by atoms with Crippen molar-refractivity contribution in [1.29, 1.82) is 0 Å². The van der Waals surface area contributed by atoms with E-state index in [0.29, 0.717) is 23.3 Å². The van der Waals surface area contributed by atoms with Crippen LogP contribution < -0.4 is 4.74 Å². The quantitative estimate of drug-likeness (QED) is 0.787. The van der Waals surface area contributed by atoms with Gasteiger partial charge in [0, 0.05) is 4.47 Å². The summed E-state index contributed by atoms with van der Waals surface area (Å²) in [7, 11) is 0. The lowest BCUT2D eigenvalue weighted by Crippen LogP contribution is -2.07. The van der Waals surface area contributed by atoms with E-state index in [1.54, 1.807) is 6.07 Å². The molecule has 0 fully saturated rings. The summed E-state index contributed by atoms with van der Waals surface area (Å²) < 4.78 is 19.2. The molecule has 0 atom stereocenters. The molecule has 0 amide bonds. The number of benzene rings is 1. The van der Waals surface area contributed by atoms with Gasteiger partial charge >= 0.3 is 0 Å². The molecule has 0 radical (unpaired) electrons. The molecule has 0 unspecified atom stereocenters. The maximum atomic E-state index is 13.3. The molecular formula is C11H12BrFO2. The maximum absolute atomic E-state index is 13.3. The standard InChI is InChI=1S/C11H12BrFO2/c1-7(2)6-15-11-4-8(12)3-10(13)9(11)5-14/h3-5,7H,6H2,1-2H3. The third kappa shape index (κ3) is 3.30. The SMILES string of the molecule is CC(C)COc1cc(Br)cc(F)c1C=O. The van der Waals surface area contributed by atoms with E-state index < -0.39 is 5.82 Å². The van der Waals surface area contributed by atoms with Gasteiger partial charge in [-0.05, 0) is 18.1 Å². The molecule has 4 heteroatoms. The van der Waals surface area contributed by atoms with Gasteiger partial charge in [0.2, 0.25) is 0 Å². The highest BCUT2D eigenvalue weighted by Gasteiger charge is 2.11. The normalized spacial score (nSPS) is 10.5. The van der Waals surface area contributed by atoms with E-state index in [1.165, 1.54) is 6.07 Å². The van der Waals surface area contributed by atoms with Gasteiger partial charge in [-0.1, -0.05) is 29.8 Å². The van der Waals surface area contributed by atoms with E-state index in [2.05, 4.69) is 15.9 Å². The largest absolute Gasteiger partial charge is 0.492 e. The minimum absolute atomic E-state index is 0.0288. The predicted octanol–water partition coefficient (Wildman–Crippen LogP) is 3.44. The van der Waals surface area contributed by atoms with Gasteiger partial charge in [0.05, 0.1) is 12.2 Å². The summed E-state index contributed by atoms with van der Waals surface area (Å²) in [6, 6.07) is 2.83. The number of ether oxygens (including phenoxy) is 1. The van der Waals surface area contributed by atoms with E-state index in [-0.39, 0.29) is 11.3 Å². The summed E-state index contributed by atoms with van der Waals surface area (Å²) in [6.07, 6.45) is 0.470. The highest BCUT2D eigenvalue weighted by Crippen LogP contribution is 2.25. The van der Waals surface area contributed by atoms with Crippen LogP contribution in [0.4, 0.5) is 4.39 Å². The predicted molar refractivity (Wildman–Crippen MR) is 59.8 cm³/mol. The van der Waals surface area contributed by atoms with Crippen molar-refractivity contribution in [3.8, 4) is 5.75 Å². The van der Waals surface area contributed by atoms with E-state index in [0.717, 1.165) is 0 Å². The molecule has 0 aromatic heterocycles. The lowest BCUT2D eigenvalue weighted by atomic mass is 10.2. The number of carbonyl (C=O) groups is 1. The summed E-state index contributed by atoms with van der Waals surface area (Å²) in [5, 5.41) is 0. The number of rotatable bonds is 4. The van der Waals surface area contributed by atoms with E-state index in [9.17, 15) is 9.18 Å². The highest BCUT2D eigenvalue weighted by molar-refractivity contribution is 9.10. The Bertz CT molecular complexity index is 364. The van der Waals surface area contributed by atoms with Gasteiger partial charge in [0.15, 0.2) is 6.29 Å². The lowest BCUT2D eigenvalue weighted by molar-refractivity contribution is 0.111. The Labute approximate surface area is 96.6 Å². The third-order valence-corrected chi connectivity index (χ3v) is 2.20. The smallest absolute Gasteiger partial charge is 0.156 e. The van der Waals surface area contributed by atoms with Crippen molar-refractivity contribution in [2.75, 3.05) is 6.61 Å². The fourth-order valence-corrected chi connectivity index (χ4v) is 1.46. The van der Waals surface area contributed by atoms with Crippen molar-refractivity contribution < 1.29 is 13.9 Å². The number of halogens is 2. The molecule has 0 bridgehead atoms. The average Bonchev–Trinajstić information content (AvgIpc) is 2.13. The summed E-state index contributed by atoms with van der Waals surface area (Å²) in [4.78, 5) is 10.7.